The summed E-state index contributed by atoms with van der Waals surface area (Å²) in [6.45, 7) is 0. The minimum Gasteiger partial charge on any atom is -0.230 e. The average Bonchev–Trinajstić information content (AvgIpc) is 0.743. The molecule has 0 bridgehead atoms. The van der Waals surface area contributed by atoms with Crippen molar-refractivity contribution in [2.75, 3.05) is 0 Å². The van der Waals surface area contributed by atoms with Gasteiger partial charge in [0.2, 0.25) is 0 Å². The zero-order chi connectivity index (χ0) is 68.6. The maximum Gasteiger partial charge on any atom is 0.725 e. The number of hydrogen-bond acceptors (Lipinski definition) is 6. The molecule has 7 heteroatoms. The fraction of sp³-hybridized carbons (Fsp3) is 0.0625. The summed E-state index contributed by atoms with van der Waals surface area (Å²) in [5, 5.41) is 18.4. The monoisotopic (exact) mass is 1330 g/mol. The normalized spacial score (nSPS) is 12.2. The Morgan fingerprint density at radius 3 is 0.524 bits per heavy atom. The van der Waals surface area contributed by atoms with Crippen molar-refractivity contribution in [1.82, 2.24) is 0 Å². The molecule has 0 amide bonds. The number of fused-ring (bicyclic) bond motifs is 9. The Balaban J connectivity index is 0.905. The summed E-state index contributed by atoms with van der Waals surface area (Å²) in [6, 6.07) is 134. The second-order valence-electron chi connectivity index (χ2n) is 26.9. The molecule has 18 aromatic rings. The fourth-order valence-corrected chi connectivity index (χ4v) is 16.4. The van der Waals surface area contributed by atoms with Gasteiger partial charge in [0.1, 0.15) is 0 Å². The van der Waals surface area contributed by atoms with E-state index in [1.807, 2.05) is 0 Å². The Labute approximate surface area is 598 Å². The van der Waals surface area contributed by atoms with E-state index in [2.05, 4.69) is 382 Å². The molecule has 0 spiro atoms. The van der Waals surface area contributed by atoms with Gasteiger partial charge in [-0.05, 0) is 147 Å². The van der Waals surface area contributed by atoms with Crippen molar-refractivity contribution in [2.45, 2.75) is 36.1 Å². The van der Waals surface area contributed by atoms with E-state index in [0.29, 0.717) is 0 Å². The first kappa shape index (κ1) is 63.3. The summed E-state index contributed by atoms with van der Waals surface area (Å²) in [5.41, 5.74) is 3.66. The Morgan fingerprint density at radius 1 is 0.165 bits per heavy atom. The van der Waals surface area contributed by atoms with Gasteiger partial charge < -0.3 is 0 Å². The largest absolute Gasteiger partial charge is 0.725 e. The molecule has 0 saturated carbocycles. The third-order valence-corrected chi connectivity index (χ3v) is 21.1. The van der Waals surface area contributed by atoms with Crippen LogP contribution in [0.4, 0.5) is 0 Å². The SMILES string of the molecule is c1ccc2c(CC(OOB(OOC(Cc3cccc4ccccc34)(c3cccc4ccccc34)c3cccc4ccccc34)OOC(Cc3cccc4ccccc34)(c3cccc4ccccc34)c3cccc4ccccc34)(c3cccc4ccccc34)c3cccc4ccccc34)cccc2c1. The second kappa shape index (κ2) is 27.2. The molecule has 103 heavy (non-hydrogen) atoms. The van der Waals surface area contributed by atoms with Gasteiger partial charge in [-0.1, -0.05) is 382 Å². The molecular weight excluding hydrogens is 1260 g/mol. The second-order valence-corrected chi connectivity index (χ2v) is 26.9. The first-order valence-corrected chi connectivity index (χ1v) is 35.3. The van der Waals surface area contributed by atoms with E-state index in [9.17, 15) is 0 Å². The van der Waals surface area contributed by atoms with Crippen LogP contribution >= 0.6 is 0 Å². The van der Waals surface area contributed by atoms with Crippen LogP contribution in [-0.4, -0.2) is 7.32 Å². The fourth-order valence-electron chi connectivity index (χ4n) is 16.4. The molecule has 492 valence electrons. The van der Waals surface area contributed by atoms with Gasteiger partial charge in [-0.3, -0.25) is 0 Å². The predicted molar refractivity (Wildman–Crippen MR) is 421 cm³/mol. The molecule has 18 aromatic carbocycles. The molecule has 0 fully saturated rings. The summed E-state index contributed by atoms with van der Waals surface area (Å²) < 4.78 is 0. The highest BCUT2D eigenvalue weighted by Gasteiger charge is 2.49. The molecule has 0 N–H and O–H groups in total. The van der Waals surface area contributed by atoms with Crippen LogP contribution in [0, 0.1) is 0 Å². The van der Waals surface area contributed by atoms with Crippen LogP contribution in [0.1, 0.15) is 50.1 Å². The van der Waals surface area contributed by atoms with Gasteiger partial charge in [0.15, 0.2) is 16.8 Å². The van der Waals surface area contributed by atoms with Crippen LogP contribution in [0.25, 0.3) is 97.0 Å². The highest BCUT2D eigenvalue weighted by molar-refractivity contribution is 6.35. The van der Waals surface area contributed by atoms with E-state index >= 15 is 0 Å². The van der Waals surface area contributed by atoms with E-state index in [1.165, 1.54) is 0 Å². The summed E-state index contributed by atoms with van der Waals surface area (Å²) in [5.74, 6) is 0. The standard InChI is InChI=1S/C96H69BO6/c1-10-49-79-67(28-1)37-19-46-76(79)64-94(88-58-22-40-70-31-4-13-52-82(70)88,89-59-23-41-71-32-5-14-53-83(71)89)98-101-97(102-99-95(90-60-24-42-72-33-6-15-54-84(72)90,91-61-25-43-73-34-7-16-55-85(73)91)65-77-47-20-38-68-29-2-11-50-80(68)77)103-100-96(92-62-26-44-74-35-8-17-56-86(74)92,93-63-27-45-75-36-9-18-57-87(75)93)66-78-48-21-39-69-30-3-12-51-81(69)78/h1-63H,64-66H2. The average molecular weight is 1330 g/mol. The molecular formula is C96H69BO6. The van der Waals surface area contributed by atoms with Crippen molar-refractivity contribution < 1.29 is 29.1 Å². The van der Waals surface area contributed by atoms with Gasteiger partial charge >= 0.3 is 7.32 Å². The quantitative estimate of drug-likeness (QED) is 0.0406. The lowest BCUT2D eigenvalue weighted by molar-refractivity contribution is -0.403. The maximum atomic E-state index is 7.91. The van der Waals surface area contributed by atoms with Crippen molar-refractivity contribution in [2.24, 2.45) is 0 Å². The predicted octanol–water partition coefficient (Wildman–Crippen LogP) is 23.8. The van der Waals surface area contributed by atoms with Gasteiger partial charge in [0, 0.05) is 19.3 Å². The number of benzene rings is 18. The Kier molecular flexibility index (Phi) is 16.7. The molecule has 0 aliphatic heterocycles. The summed E-state index contributed by atoms with van der Waals surface area (Å²) >= 11 is 0. The van der Waals surface area contributed by atoms with Gasteiger partial charge in [0.25, 0.3) is 0 Å². The van der Waals surface area contributed by atoms with Gasteiger partial charge in [-0.15, -0.1) is 0 Å². The Bertz CT molecular complexity index is 5320. The molecule has 0 heterocycles. The van der Waals surface area contributed by atoms with Crippen LogP contribution in [0.2, 0.25) is 0 Å². The molecule has 0 aliphatic carbocycles. The lowest BCUT2D eigenvalue weighted by Crippen LogP contribution is -2.44. The lowest BCUT2D eigenvalue weighted by atomic mass is 9.76. The minimum atomic E-state index is -1.97. The first-order valence-electron chi connectivity index (χ1n) is 35.3. The molecule has 6 nitrogen and oxygen atoms in total. The number of hydrogen-bond donors (Lipinski definition) is 0. The molecule has 0 atom stereocenters. The highest BCUT2D eigenvalue weighted by Crippen LogP contribution is 2.50. The number of rotatable bonds is 21. The third kappa shape index (κ3) is 11.6. The van der Waals surface area contributed by atoms with Gasteiger partial charge in [-0.25, -0.2) is 29.1 Å². The topological polar surface area (TPSA) is 55.4 Å². The molecule has 0 radical (unpaired) electrons. The van der Waals surface area contributed by atoms with E-state index in [0.717, 1.165) is 147 Å². The van der Waals surface area contributed by atoms with E-state index in [-0.39, 0.29) is 19.3 Å². The van der Waals surface area contributed by atoms with Gasteiger partial charge in [-0.2, -0.15) is 0 Å². The Hall–Kier alpha value is -11.9. The molecule has 0 saturated heterocycles. The van der Waals surface area contributed by atoms with Crippen LogP contribution < -0.4 is 0 Å². The molecule has 18 rings (SSSR count). The van der Waals surface area contributed by atoms with Gasteiger partial charge in [0.05, 0.1) is 0 Å². The van der Waals surface area contributed by atoms with Crippen LogP contribution in [0.15, 0.2) is 382 Å². The third-order valence-electron chi connectivity index (χ3n) is 21.1. The van der Waals surface area contributed by atoms with Crippen molar-refractivity contribution in [1.29, 1.82) is 0 Å². The first-order chi connectivity index (χ1) is 51.0. The smallest absolute Gasteiger partial charge is 0.230 e. The maximum absolute atomic E-state index is 7.91. The summed E-state index contributed by atoms with van der Waals surface area (Å²) in [6.07, 6.45) is 0.830. The van der Waals surface area contributed by atoms with E-state index in [1.54, 1.807) is 0 Å². The van der Waals surface area contributed by atoms with Crippen LogP contribution in [0.3, 0.4) is 0 Å². The highest BCUT2D eigenvalue weighted by atomic mass is 17.3. The minimum absolute atomic E-state index is 0.277. The van der Waals surface area contributed by atoms with Crippen molar-refractivity contribution in [3.05, 3.63) is 432 Å². The van der Waals surface area contributed by atoms with Crippen molar-refractivity contribution >= 4 is 104 Å². The Morgan fingerprint density at radius 2 is 0.320 bits per heavy atom. The van der Waals surface area contributed by atoms with Crippen LogP contribution in [-0.2, 0) is 65.1 Å². The molecule has 0 aromatic heterocycles. The molecule has 0 unspecified atom stereocenters. The zero-order valence-electron chi connectivity index (χ0n) is 56.5. The summed E-state index contributed by atoms with van der Waals surface area (Å²) in [7, 11) is -1.97. The lowest BCUT2D eigenvalue weighted by Gasteiger charge is -2.39. The van der Waals surface area contributed by atoms with Crippen molar-refractivity contribution in [3.63, 3.8) is 0 Å². The van der Waals surface area contributed by atoms with Crippen molar-refractivity contribution in [3.8, 4) is 0 Å². The van der Waals surface area contributed by atoms with E-state index < -0.39 is 24.1 Å². The molecule has 0 aliphatic rings. The van der Waals surface area contributed by atoms with Crippen LogP contribution in [0.5, 0.6) is 0 Å². The zero-order valence-corrected chi connectivity index (χ0v) is 56.5. The van der Waals surface area contributed by atoms with E-state index in [4.69, 9.17) is 29.1 Å². The summed E-state index contributed by atoms with van der Waals surface area (Å²) in [4.78, 5) is 46.3.